The predicted molar refractivity (Wildman–Crippen MR) is 129 cm³/mol. The summed E-state index contributed by atoms with van der Waals surface area (Å²) in [4.78, 5) is 20.0. The Balaban J connectivity index is 1.77. The van der Waals surface area contributed by atoms with E-state index in [2.05, 4.69) is 15.2 Å². The van der Waals surface area contributed by atoms with Crippen LogP contribution in [0.15, 0.2) is 59.6 Å². The van der Waals surface area contributed by atoms with Gasteiger partial charge in [0.2, 0.25) is 10.0 Å². The van der Waals surface area contributed by atoms with Gasteiger partial charge in [0.25, 0.3) is 5.91 Å². The van der Waals surface area contributed by atoms with Crippen LogP contribution in [0.25, 0.3) is 10.9 Å². The lowest BCUT2D eigenvalue weighted by atomic mass is 10.1. The van der Waals surface area contributed by atoms with Crippen LogP contribution in [-0.2, 0) is 14.8 Å². The van der Waals surface area contributed by atoms with Gasteiger partial charge in [-0.25, -0.2) is 8.42 Å². The number of nitrogens with zero attached hydrogens (tertiary/aromatic N) is 3. The molecule has 1 aliphatic rings. The van der Waals surface area contributed by atoms with Crippen molar-refractivity contribution in [3.05, 3.63) is 60.3 Å². The number of rotatable bonds is 7. The molecule has 0 spiro atoms. The average molecular weight is 469 g/mol. The molecule has 174 valence electrons. The van der Waals surface area contributed by atoms with Crippen molar-refractivity contribution >= 4 is 38.2 Å². The van der Waals surface area contributed by atoms with E-state index >= 15 is 0 Å². The minimum Gasteiger partial charge on any atom is -0.378 e. The lowest BCUT2D eigenvalue weighted by Gasteiger charge is -2.30. The van der Waals surface area contributed by atoms with Crippen molar-refractivity contribution in [3.8, 4) is 0 Å². The molecule has 1 N–H and O–H groups in total. The first kappa shape index (κ1) is 23.2. The molecule has 0 radical (unpaired) electrons. The lowest BCUT2D eigenvalue weighted by Crippen LogP contribution is -2.37. The molecule has 0 atom stereocenters. The van der Waals surface area contributed by atoms with Crippen LogP contribution in [-0.4, -0.2) is 63.0 Å². The Hall–Kier alpha value is -3.01. The highest BCUT2D eigenvalue weighted by molar-refractivity contribution is 7.89. The van der Waals surface area contributed by atoms with E-state index < -0.39 is 10.0 Å². The van der Waals surface area contributed by atoms with Gasteiger partial charge in [0.1, 0.15) is 0 Å². The van der Waals surface area contributed by atoms with Crippen LogP contribution in [0.5, 0.6) is 0 Å². The van der Waals surface area contributed by atoms with Gasteiger partial charge in [-0.2, -0.15) is 4.31 Å². The van der Waals surface area contributed by atoms with Crippen LogP contribution in [0.3, 0.4) is 0 Å². The van der Waals surface area contributed by atoms with Crippen LogP contribution in [0.4, 0.5) is 11.4 Å². The van der Waals surface area contributed by atoms with Crippen molar-refractivity contribution in [2.75, 3.05) is 49.6 Å². The molecule has 2 heterocycles. The van der Waals surface area contributed by atoms with Crippen molar-refractivity contribution < 1.29 is 17.9 Å². The number of sulfonamides is 1. The van der Waals surface area contributed by atoms with Gasteiger partial charge in [-0.1, -0.05) is 19.9 Å². The van der Waals surface area contributed by atoms with Gasteiger partial charge in [0.05, 0.1) is 34.9 Å². The molecule has 0 unspecified atom stereocenters. The van der Waals surface area contributed by atoms with Gasteiger partial charge < -0.3 is 15.0 Å². The number of benzene rings is 2. The van der Waals surface area contributed by atoms with Gasteiger partial charge in [0.15, 0.2) is 0 Å². The Bertz CT molecular complexity index is 1250. The molecule has 4 rings (SSSR count). The first-order valence-electron chi connectivity index (χ1n) is 11.1. The molecule has 1 saturated heterocycles. The maximum atomic E-state index is 13.5. The largest absolute Gasteiger partial charge is 0.378 e. The van der Waals surface area contributed by atoms with Crippen LogP contribution in [0, 0.1) is 0 Å². The quantitative estimate of drug-likeness (QED) is 0.572. The van der Waals surface area contributed by atoms with E-state index in [0.29, 0.717) is 56.3 Å². The maximum Gasteiger partial charge on any atom is 0.257 e. The van der Waals surface area contributed by atoms with E-state index in [9.17, 15) is 13.2 Å². The fourth-order valence-electron chi connectivity index (χ4n) is 4.05. The Morgan fingerprint density at radius 1 is 1.09 bits per heavy atom. The number of fused-ring (bicyclic) bond motifs is 1. The van der Waals surface area contributed by atoms with Crippen molar-refractivity contribution in [1.29, 1.82) is 0 Å². The summed E-state index contributed by atoms with van der Waals surface area (Å²) in [6.45, 7) is 6.66. The molecule has 0 aliphatic carbocycles. The van der Waals surface area contributed by atoms with E-state index in [1.165, 1.54) is 10.4 Å². The summed E-state index contributed by atoms with van der Waals surface area (Å²) in [5.41, 5.74) is 2.38. The predicted octanol–water partition coefficient (Wildman–Crippen LogP) is 3.35. The monoisotopic (exact) mass is 468 g/mol. The summed E-state index contributed by atoms with van der Waals surface area (Å²) >= 11 is 0. The fraction of sp³-hybridized carbons (Fsp3) is 0.333. The van der Waals surface area contributed by atoms with Crippen molar-refractivity contribution in [2.24, 2.45) is 0 Å². The lowest BCUT2D eigenvalue weighted by molar-refractivity contribution is 0.102. The van der Waals surface area contributed by atoms with Gasteiger partial charge in [-0.15, -0.1) is 0 Å². The Morgan fingerprint density at radius 2 is 1.85 bits per heavy atom. The molecule has 0 saturated carbocycles. The minimum atomic E-state index is -3.71. The van der Waals surface area contributed by atoms with Crippen LogP contribution < -0.4 is 10.2 Å². The maximum absolute atomic E-state index is 13.5. The third-order valence-electron chi connectivity index (χ3n) is 5.80. The number of carbonyl (C=O) groups is 1. The number of nitrogens with one attached hydrogen (secondary N) is 1. The Kier molecular flexibility index (Phi) is 6.92. The second kappa shape index (κ2) is 9.86. The second-order valence-electron chi connectivity index (χ2n) is 7.70. The van der Waals surface area contributed by atoms with Gasteiger partial charge in [-0.05, 0) is 42.5 Å². The average Bonchev–Trinajstić information content (AvgIpc) is 2.85. The SMILES string of the molecule is CCN(CC)S(=O)(=O)c1ccc(N2CCOCC2)c(C(=O)Nc2cccc3ncccc23)c1. The number of ether oxygens (including phenoxy) is 1. The summed E-state index contributed by atoms with van der Waals surface area (Å²) in [6.07, 6.45) is 1.70. The minimum absolute atomic E-state index is 0.105. The zero-order chi connectivity index (χ0) is 23.4. The molecule has 3 aromatic rings. The molecule has 9 heteroatoms. The van der Waals surface area contributed by atoms with E-state index in [-0.39, 0.29) is 10.8 Å². The highest BCUT2D eigenvalue weighted by atomic mass is 32.2. The number of hydrogen-bond donors (Lipinski definition) is 1. The number of amides is 1. The number of carbonyl (C=O) groups excluding carboxylic acids is 1. The number of aromatic nitrogens is 1. The number of anilines is 2. The van der Waals surface area contributed by atoms with E-state index in [1.54, 1.807) is 32.2 Å². The molecular weight excluding hydrogens is 440 g/mol. The van der Waals surface area contributed by atoms with E-state index in [0.717, 1.165) is 10.9 Å². The Labute approximate surface area is 194 Å². The Morgan fingerprint density at radius 3 is 2.58 bits per heavy atom. The van der Waals surface area contributed by atoms with Crippen LogP contribution >= 0.6 is 0 Å². The smallest absolute Gasteiger partial charge is 0.257 e. The number of hydrogen-bond acceptors (Lipinski definition) is 6. The normalized spacial score (nSPS) is 14.6. The summed E-state index contributed by atoms with van der Waals surface area (Å²) < 4.78 is 33.1. The molecule has 8 nitrogen and oxygen atoms in total. The molecule has 1 fully saturated rings. The second-order valence-corrected chi connectivity index (χ2v) is 9.64. The summed E-state index contributed by atoms with van der Waals surface area (Å²) in [6, 6.07) is 14.0. The topological polar surface area (TPSA) is 91.8 Å². The van der Waals surface area contributed by atoms with Crippen molar-refractivity contribution in [3.63, 3.8) is 0 Å². The van der Waals surface area contributed by atoms with E-state index in [1.807, 2.05) is 30.3 Å². The highest BCUT2D eigenvalue weighted by Crippen LogP contribution is 2.29. The van der Waals surface area contributed by atoms with Crippen LogP contribution in [0.1, 0.15) is 24.2 Å². The summed E-state index contributed by atoms with van der Waals surface area (Å²) in [5, 5.41) is 3.78. The zero-order valence-corrected chi connectivity index (χ0v) is 19.6. The standard InChI is InChI=1S/C24H28N4O4S/c1-3-28(4-2)33(30,31)18-10-11-23(27-13-15-32-16-14-27)20(17-18)24(29)26-22-9-5-8-21-19(22)7-6-12-25-21/h5-12,17H,3-4,13-16H2,1-2H3,(H,26,29). The van der Waals surface area contributed by atoms with Crippen LogP contribution in [0.2, 0.25) is 0 Å². The molecular formula is C24H28N4O4S. The first-order chi connectivity index (χ1) is 16.0. The third-order valence-corrected chi connectivity index (χ3v) is 7.85. The zero-order valence-electron chi connectivity index (χ0n) is 18.8. The number of pyridine rings is 1. The molecule has 1 amide bonds. The van der Waals surface area contributed by atoms with Crippen molar-refractivity contribution in [2.45, 2.75) is 18.7 Å². The van der Waals surface area contributed by atoms with Gasteiger partial charge >= 0.3 is 0 Å². The summed E-state index contributed by atoms with van der Waals surface area (Å²) in [5.74, 6) is -0.371. The third kappa shape index (κ3) is 4.71. The first-order valence-corrected chi connectivity index (χ1v) is 12.5. The summed E-state index contributed by atoms with van der Waals surface area (Å²) in [7, 11) is -3.71. The van der Waals surface area contributed by atoms with Gasteiger partial charge in [-0.3, -0.25) is 9.78 Å². The highest BCUT2D eigenvalue weighted by Gasteiger charge is 2.26. The molecule has 1 aromatic heterocycles. The molecule has 2 aromatic carbocycles. The molecule has 33 heavy (non-hydrogen) atoms. The fourth-order valence-corrected chi connectivity index (χ4v) is 5.54. The van der Waals surface area contributed by atoms with E-state index in [4.69, 9.17) is 4.74 Å². The molecule has 1 aliphatic heterocycles. The van der Waals surface area contributed by atoms with Gasteiger partial charge in [0, 0.05) is 43.4 Å². The van der Waals surface area contributed by atoms with Crippen molar-refractivity contribution in [1.82, 2.24) is 9.29 Å². The molecule has 0 bridgehead atoms. The number of morpholine rings is 1.